The van der Waals surface area contributed by atoms with Crippen molar-refractivity contribution in [1.29, 1.82) is 0 Å². The van der Waals surface area contributed by atoms with E-state index in [0.717, 1.165) is 11.5 Å². The highest BCUT2D eigenvalue weighted by molar-refractivity contribution is 7.99. The van der Waals surface area contributed by atoms with Gasteiger partial charge in [0, 0.05) is 23.9 Å². The SMILES string of the molecule is CCOc1cccc(SCC(OCC)OCC)c1. The van der Waals surface area contributed by atoms with E-state index in [4.69, 9.17) is 14.2 Å². The summed E-state index contributed by atoms with van der Waals surface area (Å²) in [7, 11) is 0. The van der Waals surface area contributed by atoms with Crippen molar-refractivity contribution in [3.05, 3.63) is 24.3 Å². The number of thioether (sulfide) groups is 1. The van der Waals surface area contributed by atoms with Crippen LogP contribution in [0.15, 0.2) is 29.2 Å². The minimum Gasteiger partial charge on any atom is -0.494 e. The molecule has 0 bridgehead atoms. The van der Waals surface area contributed by atoms with E-state index in [0.29, 0.717) is 19.8 Å². The van der Waals surface area contributed by atoms with E-state index in [2.05, 4.69) is 6.07 Å². The zero-order chi connectivity index (χ0) is 13.2. The van der Waals surface area contributed by atoms with Crippen molar-refractivity contribution in [1.82, 2.24) is 0 Å². The Morgan fingerprint density at radius 3 is 2.39 bits per heavy atom. The van der Waals surface area contributed by atoms with E-state index < -0.39 is 0 Å². The van der Waals surface area contributed by atoms with Gasteiger partial charge in [0.2, 0.25) is 0 Å². The molecule has 0 heterocycles. The molecule has 102 valence electrons. The quantitative estimate of drug-likeness (QED) is 0.506. The number of hydrogen-bond donors (Lipinski definition) is 0. The largest absolute Gasteiger partial charge is 0.494 e. The summed E-state index contributed by atoms with van der Waals surface area (Å²) in [5.41, 5.74) is 0. The van der Waals surface area contributed by atoms with Crippen LogP contribution >= 0.6 is 11.8 Å². The molecule has 0 spiro atoms. The second-order valence-corrected chi connectivity index (χ2v) is 4.65. The number of rotatable bonds is 9. The lowest BCUT2D eigenvalue weighted by molar-refractivity contribution is -0.120. The van der Waals surface area contributed by atoms with Gasteiger partial charge >= 0.3 is 0 Å². The van der Waals surface area contributed by atoms with E-state index in [-0.39, 0.29) is 6.29 Å². The standard InChI is InChI=1S/C14H22O3S/c1-4-15-12-8-7-9-13(10-12)18-11-14(16-5-2)17-6-3/h7-10,14H,4-6,11H2,1-3H3. The first-order chi connectivity index (χ1) is 8.80. The molecule has 0 aliphatic heterocycles. The van der Waals surface area contributed by atoms with Gasteiger partial charge in [-0.3, -0.25) is 0 Å². The third kappa shape index (κ3) is 5.76. The first kappa shape index (κ1) is 15.3. The number of ether oxygens (including phenoxy) is 3. The second-order valence-electron chi connectivity index (χ2n) is 3.56. The molecule has 1 aromatic carbocycles. The maximum absolute atomic E-state index is 5.51. The third-order valence-electron chi connectivity index (χ3n) is 2.21. The zero-order valence-electron chi connectivity index (χ0n) is 11.3. The van der Waals surface area contributed by atoms with Crippen LogP contribution in [-0.4, -0.2) is 31.9 Å². The minimum absolute atomic E-state index is 0.138. The summed E-state index contributed by atoms with van der Waals surface area (Å²) >= 11 is 1.72. The first-order valence-corrected chi connectivity index (χ1v) is 7.37. The Labute approximate surface area is 114 Å². The maximum atomic E-state index is 5.51. The summed E-state index contributed by atoms with van der Waals surface area (Å²) in [5, 5.41) is 0. The lowest BCUT2D eigenvalue weighted by Gasteiger charge is -2.16. The van der Waals surface area contributed by atoms with Crippen LogP contribution in [0.4, 0.5) is 0 Å². The molecule has 0 aliphatic rings. The van der Waals surface area contributed by atoms with Crippen LogP contribution in [0.1, 0.15) is 20.8 Å². The molecule has 0 unspecified atom stereocenters. The molecule has 0 N–H and O–H groups in total. The van der Waals surface area contributed by atoms with Gasteiger partial charge in [-0.15, -0.1) is 11.8 Å². The van der Waals surface area contributed by atoms with Crippen molar-refractivity contribution in [3.63, 3.8) is 0 Å². The highest BCUT2D eigenvalue weighted by atomic mass is 32.2. The molecule has 1 aromatic rings. The summed E-state index contributed by atoms with van der Waals surface area (Å²) in [6.45, 7) is 7.97. The second kappa shape index (κ2) is 9.25. The molecule has 0 aliphatic carbocycles. The Kier molecular flexibility index (Phi) is 7.89. The molecule has 0 atom stereocenters. The van der Waals surface area contributed by atoms with E-state index in [1.165, 1.54) is 4.90 Å². The predicted octanol–water partition coefficient (Wildman–Crippen LogP) is 3.58. The van der Waals surface area contributed by atoms with Gasteiger partial charge in [-0.2, -0.15) is 0 Å². The Hall–Kier alpha value is -0.710. The van der Waals surface area contributed by atoms with Gasteiger partial charge in [0.05, 0.1) is 6.61 Å². The van der Waals surface area contributed by atoms with Crippen LogP contribution in [0, 0.1) is 0 Å². The van der Waals surface area contributed by atoms with Crippen LogP contribution < -0.4 is 4.74 Å². The third-order valence-corrected chi connectivity index (χ3v) is 3.23. The van der Waals surface area contributed by atoms with Gasteiger partial charge in [-0.05, 0) is 39.0 Å². The maximum Gasteiger partial charge on any atom is 0.166 e. The summed E-state index contributed by atoms with van der Waals surface area (Å²) < 4.78 is 16.5. The fourth-order valence-electron chi connectivity index (χ4n) is 1.50. The lowest BCUT2D eigenvalue weighted by Crippen LogP contribution is -2.19. The highest BCUT2D eigenvalue weighted by Gasteiger charge is 2.08. The molecule has 1 rings (SSSR count). The van der Waals surface area contributed by atoms with Crippen molar-refractivity contribution in [2.24, 2.45) is 0 Å². The van der Waals surface area contributed by atoms with Gasteiger partial charge in [0.1, 0.15) is 5.75 Å². The molecule has 0 radical (unpaired) electrons. The molecule has 0 fully saturated rings. The van der Waals surface area contributed by atoms with Crippen molar-refractivity contribution >= 4 is 11.8 Å². The summed E-state index contributed by atoms with van der Waals surface area (Å²) in [6, 6.07) is 8.09. The molecule has 4 heteroatoms. The Balaban J connectivity index is 2.47. The van der Waals surface area contributed by atoms with Crippen LogP contribution in [0.3, 0.4) is 0 Å². The number of benzene rings is 1. The molecular formula is C14H22O3S. The molecule has 3 nitrogen and oxygen atoms in total. The van der Waals surface area contributed by atoms with E-state index >= 15 is 0 Å². The smallest absolute Gasteiger partial charge is 0.166 e. The number of hydrogen-bond acceptors (Lipinski definition) is 4. The summed E-state index contributed by atoms with van der Waals surface area (Å²) in [6.07, 6.45) is -0.138. The zero-order valence-corrected chi connectivity index (χ0v) is 12.2. The van der Waals surface area contributed by atoms with Gasteiger partial charge < -0.3 is 14.2 Å². The molecule has 18 heavy (non-hydrogen) atoms. The van der Waals surface area contributed by atoms with Crippen LogP contribution in [-0.2, 0) is 9.47 Å². The Morgan fingerprint density at radius 2 is 1.78 bits per heavy atom. The van der Waals surface area contributed by atoms with Gasteiger partial charge in [-0.25, -0.2) is 0 Å². The summed E-state index contributed by atoms with van der Waals surface area (Å²) in [5.74, 6) is 1.70. The average Bonchev–Trinajstić information content (AvgIpc) is 2.37. The first-order valence-electron chi connectivity index (χ1n) is 6.39. The van der Waals surface area contributed by atoms with Crippen molar-refractivity contribution in [2.75, 3.05) is 25.6 Å². The molecule has 0 aromatic heterocycles. The average molecular weight is 270 g/mol. The molecule has 0 saturated carbocycles. The highest BCUT2D eigenvalue weighted by Crippen LogP contribution is 2.24. The molecule has 0 saturated heterocycles. The molecule has 0 amide bonds. The van der Waals surface area contributed by atoms with Crippen LogP contribution in [0.2, 0.25) is 0 Å². The fraction of sp³-hybridized carbons (Fsp3) is 0.571. The summed E-state index contributed by atoms with van der Waals surface area (Å²) in [4.78, 5) is 1.17. The van der Waals surface area contributed by atoms with Gasteiger partial charge in [-0.1, -0.05) is 6.07 Å². The van der Waals surface area contributed by atoms with E-state index in [1.807, 2.05) is 39.0 Å². The minimum atomic E-state index is -0.138. The van der Waals surface area contributed by atoms with Crippen LogP contribution in [0.25, 0.3) is 0 Å². The Bertz CT molecular complexity index is 325. The van der Waals surface area contributed by atoms with Gasteiger partial charge in [0.15, 0.2) is 6.29 Å². The van der Waals surface area contributed by atoms with Gasteiger partial charge in [0.25, 0.3) is 0 Å². The predicted molar refractivity (Wildman–Crippen MR) is 75.4 cm³/mol. The Morgan fingerprint density at radius 1 is 1.06 bits per heavy atom. The van der Waals surface area contributed by atoms with Crippen molar-refractivity contribution in [3.8, 4) is 5.75 Å². The van der Waals surface area contributed by atoms with E-state index in [9.17, 15) is 0 Å². The topological polar surface area (TPSA) is 27.7 Å². The molecular weight excluding hydrogens is 248 g/mol. The van der Waals surface area contributed by atoms with E-state index in [1.54, 1.807) is 11.8 Å². The van der Waals surface area contributed by atoms with Crippen molar-refractivity contribution in [2.45, 2.75) is 32.0 Å². The van der Waals surface area contributed by atoms with Crippen molar-refractivity contribution < 1.29 is 14.2 Å². The monoisotopic (exact) mass is 270 g/mol. The van der Waals surface area contributed by atoms with Crippen LogP contribution in [0.5, 0.6) is 5.75 Å². The fourth-order valence-corrected chi connectivity index (χ4v) is 2.40. The lowest BCUT2D eigenvalue weighted by atomic mass is 10.3. The normalized spacial score (nSPS) is 10.9.